The molecule has 1 aliphatic heterocycles. The number of halogens is 1. The molecular weight excluding hydrogens is 408 g/mol. The number of carbonyl (C=O) groups excluding carboxylic acids is 1. The molecule has 3 rings (SSSR count). The first-order valence-corrected chi connectivity index (χ1v) is 11.5. The molecule has 1 fully saturated rings. The van der Waals surface area contributed by atoms with Crippen LogP contribution >= 0.6 is 11.6 Å². The molecule has 7 heteroatoms. The maximum Gasteiger partial charge on any atom is 0.236 e. The number of rotatable bonds is 6. The quantitative estimate of drug-likeness (QED) is 0.692. The van der Waals surface area contributed by atoms with Crippen LogP contribution in [0.3, 0.4) is 0 Å². The van der Waals surface area contributed by atoms with Crippen molar-refractivity contribution in [2.75, 3.05) is 20.1 Å². The van der Waals surface area contributed by atoms with Gasteiger partial charge in [-0.3, -0.25) is 4.79 Å². The molecule has 0 N–H and O–H groups in total. The van der Waals surface area contributed by atoms with Gasteiger partial charge in [0.05, 0.1) is 0 Å². The van der Waals surface area contributed by atoms with Gasteiger partial charge in [0.1, 0.15) is 0 Å². The second kappa shape index (κ2) is 9.57. The second-order valence-electron chi connectivity index (χ2n) is 7.26. The summed E-state index contributed by atoms with van der Waals surface area (Å²) in [6, 6.07) is 16.8. The summed E-state index contributed by atoms with van der Waals surface area (Å²) in [7, 11) is -1.72. The molecule has 1 saturated heterocycles. The molecule has 0 aliphatic carbocycles. The summed E-state index contributed by atoms with van der Waals surface area (Å²) in [4.78, 5) is 14.5. The standard InChI is InChI=1S/C22H25ClN2O3S/c1-24(17-19-8-5-9-21(23)16-19)22(26)20-10-13-25(14-11-20)29(27,28)15-12-18-6-3-2-4-7-18/h2-9,12,15-16,20H,10-11,13-14,17H2,1H3/b15-12+. The number of amides is 1. The van der Waals surface area contributed by atoms with Crippen molar-refractivity contribution in [2.45, 2.75) is 19.4 Å². The highest BCUT2D eigenvalue weighted by Crippen LogP contribution is 2.23. The van der Waals surface area contributed by atoms with Gasteiger partial charge in [0.25, 0.3) is 0 Å². The summed E-state index contributed by atoms with van der Waals surface area (Å²) in [6.45, 7) is 1.18. The average molecular weight is 433 g/mol. The van der Waals surface area contributed by atoms with Crippen molar-refractivity contribution in [3.63, 3.8) is 0 Å². The van der Waals surface area contributed by atoms with Gasteiger partial charge in [-0.05, 0) is 42.2 Å². The van der Waals surface area contributed by atoms with E-state index in [1.807, 2.05) is 48.5 Å². The molecule has 0 spiro atoms. The first-order chi connectivity index (χ1) is 13.8. The fourth-order valence-electron chi connectivity index (χ4n) is 3.47. The zero-order chi connectivity index (χ0) is 20.9. The third-order valence-electron chi connectivity index (χ3n) is 5.08. The van der Waals surface area contributed by atoms with E-state index in [1.54, 1.807) is 24.1 Å². The fourth-order valence-corrected chi connectivity index (χ4v) is 4.90. The van der Waals surface area contributed by atoms with Crippen molar-refractivity contribution in [3.8, 4) is 0 Å². The Kier molecular flexibility index (Phi) is 7.11. The highest BCUT2D eigenvalue weighted by molar-refractivity contribution is 7.92. The topological polar surface area (TPSA) is 57.7 Å². The Morgan fingerprint density at radius 2 is 1.83 bits per heavy atom. The summed E-state index contributed by atoms with van der Waals surface area (Å²) in [5.74, 6) is -0.120. The van der Waals surface area contributed by atoms with Gasteiger partial charge in [-0.1, -0.05) is 54.1 Å². The summed E-state index contributed by atoms with van der Waals surface area (Å²) in [6.07, 6.45) is 2.65. The van der Waals surface area contributed by atoms with Crippen molar-refractivity contribution in [2.24, 2.45) is 5.92 Å². The second-order valence-corrected chi connectivity index (χ2v) is 9.51. The minimum absolute atomic E-state index is 0.0434. The third kappa shape index (κ3) is 5.92. The van der Waals surface area contributed by atoms with Crippen LogP contribution in [0.15, 0.2) is 60.0 Å². The number of piperidine rings is 1. The van der Waals surface area contributed by atoms with Crippen LogP contribution in [0, 0.1) is 5.92 Å². The van der Waals surface area contributed by atoms with Crippen LogP contribution in [0.1, 0.15) is 24.0 Å². The molecule has 0 aromatic heterocycles. The molecule has 0 bridgehead atoms. The van der Waals surface area contributed by atoms with Gasteiger partial charge in [-0.2, -0.15) is 4.31 Å². The Morgan fingerprint density at radius 3 is 2.48 bits per heavy atom. The Morgan fingerprint density at radius 1 is 1.14 bits per heavy atom. The smallest absolute Gasteiger partial charge is 0.236 e. The Labute approximate surface area is 177 Å². The van der Waals surface area contributed by atoms with E-state index in [9.17, 15) is 13.2 Å². The van der Waals surface area contributed by atoms with Gasteiger partial charge in [0.2, 0.25) is 15.9 Å². The van der Waals surface area contributed by atoms with E-state index in [2.05, 4.69) is 0 Å². The molecule has 1 heterocycles. The summed E-state index contributed by atoms with van der Waals surface area (Å²) >= 11 is 6.01. The van der Waals surface area contributed by atoms with Crippen molar-refractivity contribution >= 4 is 33.6 Å². The van der Waals surface area contributed by atoms with E-state index in [0.717, 1.165) is 11.1 Å². The van der Waals surface area contributed by atoms with E-state index in [-0.39, 0.29) is 11.8 Å². The molecule has 0 saturated carbocycles. The van der Waals surface area contributed by atoms with Crippen molar-refractivity contribution in [1.29, 1.82) is 0 Å². The van der Waals surface area contributed by atoms with Crippen LogP contribution < -0.4 is 0 Å². The van der Waals surface area contributed by atoms with Crippen molar-refractivity contribution < 1.29 is 13.2 Å². The summed E-state index contributed by atoms with van der Waals surface area (Å²) < 4.78 is 26.6. The fraction of sp³-hybridized carbons (Fsp3) is 0.318. The van der Waals surface area contributed by atoms with Gasteiger partial charge in [0.15, 0.2) is 0 Å². The number of hydrogen-bond donors (Lipinski definition) is 0. The predicted octanol–water partition coefficient (Wildman–Crippen LogP) is 4.01. The lowest BCUT2D eigenvalue weighted by Gasteiger charge is -2.32. The minimum atomic E-state index is -3.49. The summed E-state index contributed by atoms with van der Waals surface area (Å²) in [5.41, 5.74) is 1.81. The van der Waals surface area contributed by atoms with Crippen LogP contribution in [-0.4, -0.2) is 43.7 Å². The van der Waals surface area contributed by atoms with Crippen LogP contribution in [0.4, 0.5) is 0 Å². The lowest BCUT2D eigenvalue weighted by Crippen LogP contribution is -2.42. The van der Waals surface area contributed by atoms with E-state index in [1.165, 1.54) is 9.71 Å². The zero-order valence-corrected chi connectivity index (χ0v) is 17.9. The first-order valence-electron chi connectivity index (χ1n) is 9.58. The van der Waals surface area contributed by atoms with E-state index in [4.69, 9.17) is 11.6 Å². The van der Waals surface area contributed by atoms with Crippen molar-refractivity contribution in [1.82, 2.24) is 9.21 Å². The monoisotopic (exact) mass is 432 g/mol. The zero-order valence-electron chi connectivity index (χ0n) is 16.4. The normalized spacial score (nSPS) is 16.2. The lowest BCUT2D eigenvalue weighted by atomic mass is 9.96. The molecular formula is C22H25ClN2O3S. The molecule has 5 nitrogen and oxygen atoms in total. The maximum absolute atomic E-state index is 12.8. The SMILES string of the molecule is CN(Cc1cccc(Cl)c1)C(=O)C1CCN(S(=O)(=O)/C=C/c2ccccc2)CC1. The van der Waals surface area contributed by atoms with Gasteiger partial charge in [0, 0.05) is 43.0 Å². The maximum atomic E-state index is 12.8. The van der Waals surface area contributed by atoms with Gasteiger partial charge in [-0.25, -0.2) is 8.42 Å². The number of carbonyl (C=O) groups is 1. The molecule has 0 radical (unpaired) electrons. The minimum Gasteiger partial charge on any atom is -0.341 e. The highest BCUT2D eigenvalue weighted by atomic mass is 35.5. The number of nitrogens with zero attached hydrogens (tertiary/aromatic N) is 2. The van der Waals surface area contributed by atoms with Crippen molar-refractivity contribution in [3.05, 3.63) is 76.2 Å². The molecule has 154 valence electrons. The largest absolute Gasteiger partial charge is 0.341 e. The number of benzene rings is 2. The van der Waals surface area contributed by atoms with E-state index < -0.39 is 10.0 Å². The Bertz CT molecular complexity index is 969. The van der Waals surface area contributed by atoms with Gasteiger partial charge >= 0.3 is 0 Å². The molecule has 0 atom stereocenters. The average Bonchev–Trinajstić information content (AvgIpc) is 2.72. The van der Waals surface area contributed by atoms with Gasteiger partial charge < -0.3 is 4.90 Å². The molecule has 2 aromatic rings. The molecule has 0 unspecified atom stereocenters. The number of sulfonamides is 1. The molecule has 1 aliphatic rings. The van der Waals surface area contributed by atoms with Crippen LogP contribution in [-0.2, 0) is 21.4 Å². The summed E-state index contributed by atoms with van der Waals surface area (Å²) in [5, 5.41) is 1.89. The van der Waals surface area contributed by atoms with Crippen LogP contribution in [0.5, 0.6) is 0 Å². The Hall–Kier alpha value is -2.15. The van der Waals surface area contributed by atoms with Gasteiger partial charge in [-0.15, -0.1) is 0 Å². The number of hydrogen-bond acceptors (Lipinski definition) is 3. The Balaban J connectivity index is 1.55. The lowest BCUT2D eigenvalue weighted by molar-refractivity contribution is -0.135. The van der Waals surface area contributed by atoms with E-state index >= 15 is 0 Å². The van der Waals surface area contributed by atoms with Crippen LogP contribution in [0.2, 0.25) is 5.02 Å². The first kappa shape index (κ1) is 21.6. The molecule has 1 amide bonds. The highest BCUT2D eigenvalue weighted by Gasteiger charge is 2.31. The predicted molar refractivity (Wildman–Crippen MR) is 117 cm³/mol. The molecule has 2 aromatic carbocycles. The van der Waals surface area contributed by atoms with Crippen LogP contribution in [0.25, 0.3) is 6.08 Å². The molecule has 29 heavy (non-hydrogen) atoms. The van der Waals surface area contributed by atoms with E-state index in [0.29, 0.717) is 37.5 Å². The third-order valence-corrected chi connectivity index (χ3v) is 6.88.